The Labute approximate surface area is 237 Å². The Morgan fingerprint density at radius 3 is 2.17 bits per heavy atom. The van der Waals surface area contributed by atoms with Crippen LogP contribution in [0.4, 0.5) is 0 Å². The lowest BCUT2D eigenvalue weighted by Crippen LogP contribution is -2.66. The lowest BCUT2D eigenvalue weighted by atomic mass is 9.74. The number of methoxy groups -OCH3 is 3. The Hall–Kier alpha value is -3.26. The van der Waals surface area contributed by atoms with Crippen LogP contribution in [0.25, 0.3) is 0 Å². The van der Waals surface area contributed by atoms with E-state index in [1.165, 1.54) is 0 Å². The molecule has 0 aromatic heterocycles. The summed E-state index contributed by atoms with van der Waals surface area (Å²) in [7, 11) is 4.67. The Morgan fingerprint density at radius 1 is 0.950 bits per heavy atom. The van der Waals surface area contributed by atoms with Gasteiger partial charge < -0.3 is 29.0 Å². The number of rotatable bonds is 11. The van der Waals surface area contributed by atoms with Crippen LogP contribution in [0.3, 0.4) is 0 Å². The first-order chi connectivity index (χ1) is 19.4. The van der Waals surface area contributed by atoms with Crippen LogP contribution in [-0.4, -0.2) is 61.4 Å². The van der Waals surface area contributed by atoms with Crippen molar-refractivity contribution in [3.05, 3.63) is 53.6 Å². The maximum atomic E-state index is 14.7. The second kappa shape index (κ2) is 13.4. The molecule has 2 aromatic carbocycles. The summed E-state index contributed by atoms with van der Waals surface area (Å²) in [5, 5.41) is 10.7. The summed E-state index contributed by atoms with van der Waals surface area (Å²) in [4.78, 5) is 29.5. The molecular weight excluding hydrogens is 510 g/mol. The van der Waals surface area contributed by atoms with E-state index in [4.69, 9.17) is 18.9 Å². The molecule has 8 nitrogen and oxygen atoms in total. The molecule has 2 aliphatic rings. The van der Waals surface area contributed by atoms with Gasteiger partial charge in [-0.25, -0.2) is 4.79 Å². The van der Waals surface area contributed by atoms with E-state index in [0.29, 0.717) is 36.6 Å². The number of benzene rings is 2. The van der Waals surface area contributed by atoms with Gasteiger partial charge in [0.1, 0.15) is 0 Å². The summed E-state index contributed by atoms with van der Waals surface area (Å²) < 4.78 is 23.0. The van der Waals surface area contributed by atoms with Crippen LogP contribution >= 0.6 is 0 Å². The zero-order valence-corrected chi connectivity index (χ0v) is 24.2. The van der Waals surface area contributed by atoms with Gasteiger partial charge >= 0.3 is 5.97 Å². The number of likely N-dealkylation sites (tertiary alicyclic amines) is 1. The van der Waals surface area contributed by atoms with E-state index in [0.717, 1.165) is 49.7 Å². The van der Waals surface area contributed by atoms with Crippen molar-refractivity contribution in [3.8, 4) is 17.2 Å². The molecule has 1 aliphatic heterocycles. The summed E-state index contributed by atoms with van der Waals surface area (Å²) in [6.45, 7) is 2.44. The average Bonchev–Trinajstić information content (AvgIpc) is 3.00. The van der Waals surface area contributed by atoms with Crippen molar-refractivity contribution in [2.75, 3.05) is 27.9 Å². The molecule has 3 atom stereocenters. The van der Waals surface area contributed by atoms with E-state index in [9.17, 15) is 14.7 Å². The molecular formula is C32H43NO7. The molecule has 1 unspecified atom stereocenters. The van der Waals surface area contributed by atoms with E-state index in [1.807, 2.05) is 42.5 Å². The molecule has 1 saturated heterocycles. The molecule has 1 N–H and O–H groups in total. The molecule has 1 saturated carbocycles. The fourth-order valence-corrected chi connectivity index (χ4v) is 6.59. The third-order valence-corrected chi connectivity index (χ3v) is 8.76. The average molecular weight is 554 g/mol. The maximum absolute atomic E-state index is 14.7. The highest BCUT2D eigenvalue weighted by Crippen LogP contribution is 2.46. The van der Waals surface area contributed by atoms with Crippen molar-refractivity contribution >= 4 is 11.9 Å². The SMILES string of the molecule is COc1cc([C@@H](C(=O)N2CCCC[C@@]2(C(=O)O)C(C)OCc2ccccc2)C2CCCCC2)cc(OC)c1OC. The van der Waals surface area contributed by atoms with Crippen LogP contribution in [0.5, 0.6) is 17.2 Å². The van der Waals surface area contributed by atoms with Crippen molar-refractivity contribution in [3.63, 3.8) is 0 Å². The standard InChI is InChI=1S/C32H43NO7/c1-22(40-21-23-13-7-5-8-14-23)32(31(35)36)17-11-12-18-33(32)30(34)28(24-15-9-6-10-16-24)25-19-26(37-2)29(39-4)27(20-25)38-3/h5,7-8,13-14,19-20,22,24,28H,6,9-12,15-18,21H2,1-4H3,(H,35,36)/t22?,28-,32-/m0/s1. The van der Waals surface area contributed by atoms with Gasteiger partial charge in [-0.15, -0.1) is 0 Å². The van der Waals surface area contributed by atoms with Crippen LogP contribution in [0.1, 0.15) is 75.3 Å². The number of nitrogens with zero attached hydrogens (tertiary/aromatic N) is 1. The first kappa shape index (κ1) is 29.7. The second-order valence-corrected chi connectivity index (χ2v) is 10.9. The minimum Gasteiger partial charge on any atom is -0.493 e. The number of hydrogen-bond acceptors (Lipinski definition) is 6. The highest BCUT2D eigenvalue weighted by atomic mass is 16.5. The van der Waals surface area contributed by atoms with Gasteiger partial charge in [0.15, 0.2) is 17.0 Å². The fourth-order valence-electron chi connectivity index (χ4n) is 6.59. The molecule has 1 amide bonds. The van der Waals surface area contributed by atoms with Crippen LogP contribution in [0.2, 0.25) is 0 Å². The Kier molecular flexibility index (Phi) is 9.95. The molecule has 0 radical (unpaired) electrons. The molecule has 40 heavy (non-hydrogen) atoms. The minimum absolute atomic E-state index is 0.0815. The van der Waals surface area contributed by atoms with Crippen LogP contribution < -0.4 is 14.2 Å². The number of hydrogen-bond donors (Lipinski definition) is 1. The molecule has 0 bridgehead atoms. The predicted molar refractivity (Wildman–Crippen MR) is 152 cm³/mol. The monoisotopic (exact) mass is 553 g/mol. The molecule has 218 valence electrons. The van der Waals surface area contributed by atoms with Gasteiger partial charge in [-0.1, -0.05) is 49.6 Å². The number of carbonyl (C=O) groups excluding carboxylic acids is 1. The number of aliphatic carboxylic acids is 1. The summed E-state index contributed by atoms with van der Waals surface area (Å²) in [5.41, 5.74) is 0.257. The van der Waals surface area contributed by atoms with Crippen molar-refractivity contribution in [1.82, 2.24) is 4.90 Å². The largest absolute Gasteiger partial charge is 0.493 e. The lowest BCUT2D eigenvalue weighted by molar-refractivity contribution is -0.178. The Morgan fingerprint density at radius 2 is 1.60 bits per heavy atom. The van der Waals surface area contributed by atoms with Crippen molar-refractivity contribution in [2.45, 2.75) is 82.5 Å². The molecule has 1 heterocycles. The predicted octanol–water partition coefficient (Wildman–Crippen LogP) is 5.82. The van der Waals surface area contributed by atoms with Crippen LogP contribution in [0, 0.1) is 5.92 Å². The smallest absolute Gasteiger partial charge is 0.332 e. The zero-order chi connectivity index (χ0) is 28.7. The zero-order valence-electron chi connectivity index (χ0n) is 24.2. The van der Waals surface area contributed by atoms with E-state index in [1.54, 1.807) is 33.2 Å². The summed E-state index contributed by atoms with van der Waals surface area (Å²) >= 11 is 0. The van der Waals surface area contributed by atoms with Gasteiger partial charge in [0.25, 0.3) is 0 Å². The van der Waals surface area contributed by atoms with E-state index < -0.39 is 23.5 Å². The third kappa shape index (κ3) is 5.92. The number of carboxylic acids is 1. The number of ether oxygens (including phenoxy) is 4. The topological polar surface area (TPSA) is 94.5 Å². The van der Waals surface area contributed by atoms with E-state index >= 15 is 0 Å². The molecule has 0 spiro atoms. The van der Waals surface area contributed by atoms with E-state index in [-0.39, 0.29) is 18.4 Å². The molecule has 2 aromatic rings. The fraction of sp³-hybridized carbons (Fsp3) is 0.562. The first-order valence-corrected chi connectivity index (χ1v) is 14.4. The number of carboxylic acid groups (broad SMARTS) is 1. The van der Waals surface area contributed by atoms with Gasteiger partial charge in [-0.05, 0) is 68.2 Å². The quantitative estimate of drug-likeness (QED) is 0.375. The maximum Gasteiger partial charge on any atom is 0.332 e. The number of amides is 1. The van der Waals surface area contributed by atoms with Gasteiger partial charge in [-0.3, -0.25) is 4.79 Å². The first-order valence-electron chi connectivity index (χ1n) is 14.4. The van der Waals surface area contributed by atoms with Crippen molar-refractivity contribution in [1.29, 1.82) is 0 Å². The summed E-state index contributed by atoms with van der Waals surface area (Å²) in [5.74, 6) is -0.220. The summed E-state index contributed by atoms with van der Waals surface area (Å²) in [6.07, 6.45) is 6.13. The highest BCUT2D eigenvalue weighted by Gasteiger charge is 2.54. The van der Waals surface area contributed by atoms with Gasteiger partial charge in [0, 0.05) is 6.54 Å². The second-order valence-electron chi connectivity index (χ2n) is 10.9. The van der Waals surface area contributed by atoms with Crippen molar-refractivity contribution in [2.24, 2.45) is 5.92 Å². The minimum atomic E-state index is -1.46. The lowest BCUT2D eigenvalue weighted by Gasteiger charge is -2.49. The third-order valence-electron chi connectivity index (χ3n) is 8.76. The molecule has 8 heteroatoms. The van der Waals surface area contributed by atoms with Gasteiger partial charge in [0.2, 0.25) is 11.7 Å². The Balaban J connectivity index is 1.75. The highest BCUT2D eigenvalue weighted by molar-refractivity contribution is 5.92. The Bertz CT molecular complexity index is 1120. The van der Waals surface area contributed by atoms with E-state index in [2.05, 4.69) is 0 Å². The van der Waals surface area contributed by atoms with Gasteiger partial charge in [-0.2, -0.15) is 0 Å². The normalized spacial score (nSPS) is 21.4. The van der Waals surface area contributed by atoms with Crippen LogP contribution in [-0.2, 0) is 20.9 Å². The molecule has 2 fully saturated rings. The molecule has 1 aliphatic carbocycles. The summed E-state index contributed by atoms with van der Waals surface area (Å²) in [6, 6.07) is 13.4. The van der Waals surface area contributed by atoms with Gasteiger partial charge in [0.05, 0.1) is 40.0 Å². The molecule has 4 rings (SSSR count). The van der Waals surface area contributed by atoms with Crippen molar-refractivity contribution < 1.29 is 33.6 Å². The number of carbonyl (C=O) groups is 2. The number of piperidine rings is 1. The van der Waals surface area contributed by atoms with Crippen LogP contribution in [0.15, 0.2) is 42.5 Å².